The molecule has 0 fully saturated rings. The molecule has 0 aliphatic heterocycles. The number of amides is 1. The van der Waals surface area contributed by atoms with E-state index < -0.39 is 9.84 Å². The van der Waals surface area contributed by atoms with E-state index in [4.69, 9.17) is 0 Å². The molecule has 1 aromatic heterocycles. The minimum Gasteiger partial charge on any atom is -0.323 e. The Balaban J connectivity index is 1.73. The molecule has 6 heteroatoms. The lowest BCUT2D eigenvalue weighted by Gasteiger charge is -2.08. The number of sulfone groups is 1. The van der Waals surface area contributed by atoms with Gasteiger partial charge in [-0.1, -0.05) is 24.3 Å². The van der Waals surface area contributed by atoms with E-state index in [-0.39, 0.29) is 15.7 Å². The zero-order valence-electron chi connectivity index (χ0n) is 14.7. The van der Waals surface area contributed by atoms with Gasteiger partial charge in [0.25, 0.3) is 0 Å². The van der Waals surface area contributed by atoms with Crippen molar-refractivity contribution in [2.45, 2.75) is 16.7 Å². The van der Waals surface area contributed by atoms with Gasteiger partial charge in [0.2, 0.25) is 15.7 Å². The molecule has 3 aromatic rings. The summed E-state index contributed by atoms with van der Waals surface area (Å²) in [6.45, 7) is 1.76. The van der Waals surface area contributed by atoms with Crippen LogP contribution in [0.4, 0.5) is 5.69 Å². The third-order valence-electron chi connectivity index (χ3n) is 3.93. The van der Waals surface area contributed by atoms with Crippen LogP contribution in [-0.2, 0) is 14.6 Å². The molecule has 3 rings (SSSR count). The summed E-state index contributed by atoms with van der Waals surface area (Å²) in [6, 6.07) is 16.6. The average molecular weight is 378 g/mol. The predicted octanol–water partition coefficient (Wildman–Crippen LogP) is 3.87. The SMILES string of the molecule is Cc1ccccc1S(=O)(=O)c1ccc(NC(=O)C=Cc2cccnc2)cc1. The topological polar surface area (TPSA) is 76.1 Å². The first-order chi connectivity index (χ1) is 13.0. The molecule has 0 saturated carbocycles. The molecule has 0 radical (unpaired) electrons. The van der Waals surface area contributed by atoms with Gasteiger partial charge in [-0.15, -0.1) is 0 Å². The molecule has 0 atom stereocenters. The third-order valence-corrected chi connectivity index (χ3v) is 5.86. The molecule has 5 nitrogen and oxygen atoms in total. The number of nitrogens with one attached hydrogen (secondary N) is 1. The quantitative estimate of drug-likeness (QED) is 0.684. The Morgan fingerprint density at radius 2 is 1.74 bits per heavy atom. The number of carbonyl (C=O) groups is 1. The van der Waals surface area contributed by atoms with Crippen molar-refractivity contribution >= 4 is 27.5 Å². The Hall–Kier alpha value is -3.25. The Labute approximate surface area is 158 Å². The highest BCUT2D eigenvalue weighted by molar-refractivity contribution is 7.91. The number of aryl methyl sites for hydroxylation is 1. The summed E-state index contributed by atoms with van der Waals surface area (Å²) in [6.07, 6.45) is 6.35. The number of benzene rings is 2. The maximum absolute atomic E-state index is 12.7. The second-order valence-electron chi connectivity index (χ2n) is 5.90. The van der Waals surface area contributed by atoms with Crippen LogP contribution >= 0.6 is 0 Å². The van der Waals surface area contributed by atoms with Crippen molar-refractivity contribution in [1.82, 2.24) is 4.98 Å². The number of pyridine rings is 1. The van der Waals surface area contributed by atoms with E-state index in [1.807, 2.05) is 6.07 Å². The number of anilines is 1. The van der Waals surface area contributed by atoms with E-state index in [0.717, 1.165) is 5.56 Å². The van der Waals surface area contributed by atoms with Crippen molar-refractivity contribution < 1.29 is 13.2 Å². The summed E-state index contributed by atoms with van der Waals surface area (Å²) in [7, 11) is -3.59. The molecule has 2 aromatic carbocycles. The van der Waals surface area contributed by atoms with Crippen LogP contribution in [0.3, 0.4) is 0 Å². The second kappa shape index (κ2) is 7.97. The third kappa shape index (κ3) is 4.48. The van der Waals surface area contributed by atoms with Crippen molar-refractivity contribution in [1.29, 1.82) is 0 Å². The van der Waals surface area contributed by atoms with Crippen LogP contribution in [0.1, 0.15) is 11.1 Å². The molecule has 0 unspecified atom stereocenters. The normalized spacial score (nSPS) is 11.4. The van der Waals surface area contributed by atoms with Gasteiger partial charge in [0, 0.05) is 24.2 Å². The molecule has 0 aliphatic rings. The van der Waals surface area contributed by atoms with Crippen LogP contribution in [0.5, 0.6) is 0 Å². The van der Waals surface area contributed by atoms with Gasteiger partial charge in [0.05, 0.1) is 9.79 Å². The summed E-state index contributed by atoms with van der Waals surface area (Å²) in [5, 5.41) is 2.70. The average Bonchev–Trinajstić information content (AvgIpc) is 2.68. The highest BCUT2D eigenvalue weighted by Gasteiger charge is 2.19. The van der Waals surface area contributed by atoms with Gasteiger partial charge in [0.1, 0.15) is 0 Å². The Morgan fingerprint density at radius 3 is 2.41 bits per heavy atom. The Morgan fingerprint density at radius 1 is 1.00 bits per heavy atom. The number of nitrogens with zero attached hydrogens (tertiary/aromatic N) is 1. The van der Waals surface area contributed by atoms with E-state index in [1.54, 1.807) is 67.9 Å². The first-order valence-electron chi connectivity index (χ1n) is 8.27. The van der Waals surface area contributed by atoms with Crippen LogP contribution in [-0.4, -0.2) is 19.3 Å². The van der Waals surface area contributed by atoms with E-state index in [1.165, 1.54) is 18.2 Å². The number of hydrogen-bond donors (Lipinski definition) is 1. The fourth-order valence-electron chi connectivity index (χ4n) is 2.53. The number of hydrogen-bond acceptors (Lipinski definition) is 4. The van der Waals surface area contributed by atoms with Crippen molar-refractivity contribution in [3.8, 4) is 0 Å². The smallest absolute Gasteiger partial charge is 0.248 e. The fraction of sp³-hybridized carbons (Fsp3) is 0.0476. The molecule has 136 valence electrons. The first kappa shape index (κ1) is 18.5. The van der Waals surface area contributed by atoms with E-state index in [9.17, 15) is 13.2 Å². The standard InChI is InChI=1S/C21H18N2O3S/c1-16-5-2-3-7-20(16)27(25,26)19-11-9-18(10-12-19)23-21(24)13-8-17-6-4-14-22-15-17/h2-15H,1H3,(H,23,24). The van der Waals surface area contributed by atoms with Gasteiger partial charge in [-0.25, -0.2) is 8.42 Å². The Bertz CT molecular complexity index is 1070. The summed E-state index contributed by atoms with van der Waals surface area (Å²) in [5.74, 6) is -0.312. The summed E-state index contributed by atoms with van der Waals surface area (Å²) < 4.78 is 25.5. The predicted molar refractivity (Wildman–Crippen MR) is 105 cm³/mol. The van der Waals surface area contributed by atoms with Gasteiger partial charge >= 0.3 is 0 Å². The molecule has 0 saturated heterocycles. The van der Waals surface area contributed by atoms with E-state index >= 15 is 0 Å². The van der Waals surface area contributed by atoms with E-state index in [2.05, 4.69) is 10.3 Å². The molecule has 27 heavy (non-hydrogen) atoms. The lowest BCUT2D eigenvalue weighted by molar-refractivity contribution is -0.111. The van der Waals surface area contributed by atoms with Crippen LogP contribution in [0, 0.1) is 6.92 Å². The minimum atomic E-state index is -3.59. The first-order valence-corrected chi connectivity index (χ1v) is 9.75. The van der Waals surface area contributed by atoms with E-state index in [0.29, 0.717) is 11.3 Å². The van der Waals surface area contributed by atoms with Crippen molar-refractivity contribution in [3.05, 3.63) is 90.3 Å². The largest absolute Gasteiger partial charge is 0.323 e. The summed E-state index contributed by atoms with van der Waals surface area (Å²) >= 11 is 0. The van der Waals surface area contributed by atoms with Gasteiger partial charge in [-0.05, 0) is 60.5 Å². The number of aromatic nitrogens is 1. The van der Waals surface area contributed by atoms with Crippen LogP contribution in [0.2, 0.25) is 0 Å². The van der Waals surface area contributed by atoms with Gasteiger partial charge in [0.15, 0.2) is 0 Å². The molecule has 1 heterocycles. The minimum absolute atomic E-state index is 0.181. The molecule has 0 aliphatic carbocycles. The zero-order valence-corrected chi connectivity index (χ0v) is 15.5. The van der Waals surface area contributed by atoms with Gasteiger partial charge < -0.3 is 5.32 Å². The number of carbonyl (C=O) groups excluding carboxylic acids is 1. The maximum Gasteiger partial charge on any atom is 0.248 e. The summed E-state index contributed by atoms with van der Waals surface area (Å²) in [5.41, 5.74) is 2.02. The van der Waals surface area contributed by atoms with Crippen molar-refractivity contribution in [2.75, 3.05) is 5.32 Å². The second-order valence-corrected chi connectivity index (χ2v) is 7.82. The van der Waals surface area contributed by atoms with Crippen molar-refractivity contribution in [3.63, 3.8) is 0 Å². The molecule has 1 N–H and O–H groups in total. The van der Waals surface area contributed by atoms with Gasteiger partial charge in [-0.3, -0.25) is 9.78 Å². The Kier molecular flexibility index (Phi) is 5.47. The number of rotatable bonds is 5. The van der Waals surface area contributed by atoms with Crippen LogP contribution in [0.25, 0.3) is 6.08 Å². The van der Waals surface area contributed by atoms with Crippen molar-refractivity contribution in [2.24, 2.45) is 0 Å². The van der Waals surface area contributed by atoms with Crippen LogP contribution in [0.15, 0.2) is 88.9 Å². The fourth-order valence-corrected chi connectivity index (χ4v) is 4.03. The monoisotopic (exact) mass is 378 g/mol. The van der Waals surface area contributed by atoms with Gasteiger partial charge in [-0.2, -0.15) is 0 Å². The summed E-state index contributed by atoms with van der Waals surface area (Å²) in [4.78, 5) is 16.4. The highest BCUT2D eigenvalue weighted by Crippen LogP contribution is 2.24. The molecule has 0 spiro atoms. The molecule has 1 amide bonds. The molecule has 0 bridgehead atoms. The lowest BCUT2D eigenvalue weighted by Crippen LogP contribution is -2.08. The molecular formula is C21H18N2O3S. The highest BCUT2D eigenvalue weighted by atomic mass is 32.2. The molecular weight excluding hydrogens is 360 g/mol. The van der Waals surface area contributed by atoms with Crippen LogP contribution < -0.4 is 5.32 Å². The zero-order chi connectivity index (χ0) is 19.3. The lowest BCUT2D eigenvalue weighted by atomic mass is 10.2. The maximum atomic E-state index is 12.7.